The third kappa shape index (κ3) is 2.64. The van der Waals surface area contributed by atoms with Gasteiger partial charge in [0.05, 0.1) is 24.7 Å². The first kappa shape index (κ1) is 11.2. The number of aromatic nitrogens is 1. The van der Waals surface area contributed by atoms with Gasteiger partial charge < -0.3 is 15.4 Å². The van der Waals surface area contributed by atoms with Gasteiger partial charge in [-0.2, -0.15) is 0 Å². The lowest BCUT2D eigenvalue weighted by Gasteiger charge is -2.32. The monoisotopic (exact) mass is 221 g/mol. The Hall–Kier alpha value is -1.29. The molecule has 0 amide bonds. The molecule has 2 N–H and O–H groups in total. The summed E-state index contributed by atoms with van der Waals surface area (Å²) in [6.45, 7) is 4.62. The molecule has 0 radical (unpaired) electrons. The summed E-state index contributed by atoms with van der Waals surface area (Å²) in [6, 6.07) is 2.32. The van der Waals surface area contributed by atoms with Crippen molar-refractivity contribution < 1.29 is 4.74 Å². The topological polar surface area (TPSA) is 51.4 Å². The maximum absolute atomic E-state index is 5.97. The van der Waals surface area contributed by atoms with Crippen molar-refractivity contribution in [2.45, 2.75) is 25.8 Å². The van der Waals surface area contributed by atoms with Gasteiger partial charge in [-0.1, -0.05) is 0 Å². The molecule has 2 heterocycles. The first-order chi connectivity index (χ1) is 7.79. The van der Waals surface area contributed by atoms with E-state index in [1.54, 1.807) is 6.20 Å². The highest BCUT2D eigenvalue weighted by atomic mass is 16.5. The van der Waals surface area contributed by atoms with Gasteiger partial charge >= 0.3 is 0 Å². The molecule has 2 rings (SSSR count). The van der Waals surface area contributed by atoms with Crippen LogP contribution in [-0.2, 0) is 0 Å². The van der Waals surface area contributed by atoms with Crippen molar-refractivity contribution in [3.63, 3.8) is 0 Å². The maximum atomic E-state index is 5.97. The van der Waals surface area contributed by atoms with E-state index in [9.17, 15) is 0 Å². The highest BCUT2D eigenvalue weighted by Gasteiger charge is 2.17. The second-order valence-corrected chi connectivity index (χ2v) is 4.16. The first-order valence-electron chi connectivity index (χ1n) is 5.88. The fourth-order valence-electron chi connectivity index (χ4n) is 2.07. The van der Waals surface area contributed by atoms with Crippen LogP contribution in [0.2, 0.25) is 0 Å². The molecule has 0 aromatic carbocycles. The summed E-state index contributed by atoms with van der Waals surface area (Å²) in [7, 11) is 0. The van der Waals surface area contributed by atoms with Gasteiger partial charge in [-0.3, -0.25) is 4.98 Å². The molecular formula is C12H19N3O. The van der Waals surface area contributed by atoms with Crippen LogP contribution in [0.15, 0.2) is 18.5 Å². The van der Waals surface area contributed by atoms with Crippen LogP contribution >= 0.6 is 0 Å². The largest absolute Gasteiger partial charge is 0.492 e. The molecule has 1 saturated heterocycles. The zero-order chi connectivity index (χ0) is 11.4. The third-order valence-electron chi connectivity index (χ3n) is 2.83. The second kappa shape index (κ2) is 5.16. The lowest BCUT2D eigenvalue weighted by Crippen LogP contribution is -2.42. The highest BCUT2D eigenvalue weighted by Crippen LogP contribution is 2.22. The summed E-state index contributed by atoms with van der Waals surface area (Å²) in [4.78, 5) is 6.48. The molecule has 4 nitrogen and oxygen atoms in total. The van der Waals surface area contributed by atoms with Crippen LogP contribution in [0, 0.1) is 0 Å². The molecule has 0 saturated carbocycles. The van der Waals surface area contributed by atoms with Crippen LogP contribution in [0.5, 0.6) is 5.75 Å². The minimum atomic E-state index is 0.282. The van der Waals surface area contributed by atoms with Crippen LogP contribution < -0.4 is 15.4 Å². The van der Waals surface area contributed by atoms with Gasteiger partial charge in [0.25, 0.3) is 0 Å². The summed E-state index contributed by atoms with van der Waals surface area (Å²) >= 11 is 0. The number of rotatable bonds is 3. The molecule has 1 atom stereocenters. The summed E-state index contributed by atoms with van der Waals surface area (Å²) in [6.07, 6.45) is 5.90. The zero-order valence-electron chi connectivity index (χ0n) is 9.72. The molecule has 1 aromatic rings. The number of hydrogen-bond donors (Lipinski definition) is 1. The molecule has 4 heteroatoms. The second-order valence-electron chi connectivity index (χ2n) is 4.16. The van der Waals surface area contributed by atoms with E-state index in [0.29, 0.717) is 6.61 Å². The number of ether oxygens (including phenoxy) is 1. The van der Waals surface area contributed by atoms with E-state index in [1.807, 2.05) is 19.2 Å². The average molecular weight is 221 g/mol. The Morgan fingerprint density at radius 3 is 3.19 bits per heavy atom. The molecule has 16 heavy (non-hydrogen) atoms. The van der Waals surface area contributed by atoms with Crippen LogP contribution in [-0.4, -0.2) is 30.7 Å². The summed E-state index contributed by atoms with van der Waals surface area (Å²) < 4.78 is 5.44. The van der Waals surface area contributed by atoms with E-state index in [4.69, 9.17) is 10.5 Å². The molecular weight excluding hydrogens is 202 g/mol. The summed E-state index contributed by atoms with van der Waals surface area (Å²) in [5.41, 5.74) is 7.08. The van der Waals surface area contributed by atoms with Crippen molar-refractivity contribution in [1.82, 2.24) is 4.98 Å². The highest BCUT2D eigenvalue weighted by molar-refractivity contribution is 5.48. The Morgan fingerprint density at radius 1 is 1.56 bits per heavy atom. The zero-order valence-corrected chi connectivity index (χ0v) is 9.72. The van der Waals surface area contributed by atoms with Crippen molar-refractivity contribution in [3.05, 3.63) is 18.5 Å². The summed E-state index contributed by atoms with van der Waals surface area (Å²) in [5.74, 6) is 0.833. The van der Waals surface area contributed by atoms with Crippen LogP contribution in [0.1, 0.15) is 19.8 Å². The van der Waals surface area contributed by atoms with E-state index >= 15 is 0 Å². The average Bonchev–Trinajstić information content (AvgIpc) is 2.30. The van der Waals surface area contributed by atoms with Crippen molar-refractivity contribution in [1.29, 1.82) is 0 Å². The Bertz CT molecular complexity index is 343. The Morgan fingerprint density at radius 2 is 2.44 bits per heavy atom. The lowest BCUT2D eigenvalue weighted by atomic mass is 10.1. The molecule has 1 aliphatic rings. The van der Waals surface area contributed by atoms with Crippen molar-refractivity contribution in [3.8, 4) is 5.75 Å². The molecule has 1 aromatic heterocycles. The Balaban J connectivity index is 2.09. The fraction of sp³-hybridized carbons (Fsp3) is 0.583. The Labute approximate surface area is 96.4 Å². The van der Waals surface area contributed by atoms with Gasteiger partial charge in [0.2, 0.25) is 0 Å². The summed E-state index contributed by atoms with van der Waals surface area (Å²) in [5, 5.41) is 0. The number of pyridine rings is 1. The van der Waals surface area contributed by atoms with Crippen molar-refractivity contribution in [2.75, 3.05) is 24.6 Å². The van der Waals surface area contributed by atoms with E-state index in [1.165, 1.54) is 0 Å². The predicted octanol–water partition coefficient (Wildman–Crippen LogP) is 1.41. The molecule has 0 spiro atoms. The van der Waals surface area contributed by atoms with Gasteiger partial charge in [-0.25, -0.2) is 0 Å². The number of nitrogens with zero attached hydrogens (tertiary/aromatic N) is 2. The smallest absolute Gasteiger partial charge is 0.139 e. The number of anilines is 1. The minimum absolute atomic E-state index is 0.282. The van der Waals surface area contributed by atoms with Gasteiger partial charge in [-0.05, 0) is 19.8 Å². The number of hydrogen-bond acceptors (Lipinski definition) is 4. The molecule has 1 unspecified atom stereocenters. The molecule has 1 aliphatic heterocycles. The molecule has 0 bridgehead atoms. The minimum Gasteiger partial charge on any atom is -0.492 e. The Kier molecular flexibility index (Phi) is 3.62. The predicted molar refractivity (Wildman–Crippen MR) is 64.8 cm³/mol. The van der Waals surface area contributed by atoms with E-state index in [0.717, 1.165) is 37.4 Å². The van der Waals surface area contributed by atoms with Gasteiger partial charge in [0.1, 0.15) is 5.75 Å². The number of piperidine rings is 1. The van der Waals surface area contributed by atoms with Gasteiger partial charge in [0.15, 0.2) is 0 Å². The lowest BCUT2D eigenvalue weighted by molar-refractivity contribution is 0.338. The van der Waals surface area contributed by atoms with E-state index in [-0.39, 0.29) is 6.04 Å². The van der Waals surface area contributed by atoms with Crippen LogP contribution in [0.3, 0.4) is 0 Å². The third-order valence-corrected chi connectivity index (χ3v) is 2.83. The van der Waals surface area contributed by atoms with Crippen molar-refractivity contribution in [2.24, 2.45) is 5.73 Å². The van der Waals surface area contributed by atoms with Crippen LogP contribution in [0.4, 0.5) is 5.69 Å². The van der Waals surface area contributed by atoms with Crippen LogP contribution in [0.25, 0.3) is 0 Å². The standard InChI is InChI=1S/C12H19N3O/c1-2-16-12-6-11(7-14-8-12)15-5-3-4-10(13)9-15/h6-8,10H,2-5,9,13H2,1H3. The maximum Gasteiger partial charge on any atom is 0.139 e. The van der Waals surface area contributed by atoms with Gasteiger partial charge in [0, 0.05) is 25.2 Å². The fourth-order valence-corrected chi connectivity index (χ4v) is 2.07. The molecule has 1 fully saturated rings. The first-order valence-corrected chi connectivity index (χ1v) is 5.88. The molecule has 88 valence electrons. The van der Waals surface area contributed by atoms with Crippen molar-refractivity contribution >= 4 is 5.69 Å². The molecule has 0 aliphatic carbocycles. The van der Waals surface area contributed by atoms with Gasteiger partial charge in [-0.15, -0.1) is 0 Å². The SMILES string of the molecule is CCOc1cncc(N2CCCC(N)C2)c1. The number of nitrogens with two attached hydrogens (primary N) is 1. The quantitative estimate of drug-likeness (QED) is 0.838. The normalized spacial score (nSPS) is 20.9. The van der Waals surface area contributed by atoms with E-state index < -0.39 is 0 Å². The van der Waals surface area contributed by atoms with E-state index in [2.05, 4.69) is 9.88 Å².